The van der Waals surface area contributed by atoms with Gasteiger partial charge < -0.3 is 5.73 Å². The van der Waals surface area contributed by atoms with Crippen molar-refractivity contribution in [1.29, 1.82) is 0 Å². The van der Waals surface area contributed by atoms with Crippen molar-refractivity contribution in [1.82, 2.24) is 4.98 Å². The van der Waals surface area contributed by atoms with E-state index in [0.717, 1.165) is 0 Å². The summed E-state index contributed by atoms with van der Waals surface area (Å²) in [5.74, 6) is 0.0521. The maximum Gasteiger partial charge on any atom is 0.169 e. The third-order valence-corrected chi connectivity index (χ3v) is 3.67. The normalized spacial score (nSPS) is 14.0. The Morgan fingerprint density at radius 3 is 2.46 bits per heavy atom. The standard InChI is InChI=1S/C8H12N2O2S/c1-2-13(11,12)8(9)7-3-5-10-6-4-7/h3-6,8H,2,9H2,1H3. The molecule has 0 bridgehead atoms. The molecule has 1 aromatic rings. The maximum atomic E-state index is 11.4. The summed E-state index contributed by atoms with van der Waals surface area (Å²) in [5.41, 5.74) is 6.15. The Hall–Kier alpha value is -0.940. The van der Waals surface area contributed by atoms with Crippen LogP contribution in [0.3, 0.4) is 0 Å². The smallest absolute Gasteiger partial charge is 0.169 e. The first kappa shape index (κ1) is 10.1. The van der Waals surface area contributed by atoms with Crippen molar-refractivity contribution in [2.24, 2.45) is 5.73 Å². The molecule has 1 aromatic heterocycles. The fourth-order valence-electron chi connectivity index (χ4n) is 0.940. The Morgan fingerprint density at radius 2 is 2.00 bits per heavy atom. The van der Waals surface area contributed by atoms with Gasteiger partial charge in [-0.25, -0.2) is 8.42 Å². The minimum Gasteiger partial charge on any atom is -0.311 e. The first-order chi connectivity index (χ1) is 6.08. The van der Waals surface area contributed by atoms with E-state index in [0.29, 0.717) is 5.56 Å². The number of nitrogens with zero attached hydrogens (tertiary/aromatic N) is 1. The molecule has 0 saturated carbocycles. The molecule has 0 fully saturated rings. The van der Waals surface area contributed by atoms with Gasteiger partial charge in [0.15, 0.2) is 9.84 Å². The van der Waals surface area contributed by atoms with Crippen LogP contribution in [0.25, 0.3) is 0 Å². The number of nitrogens with two attached hydrogens (primary N) is 1. The summed E-state index contributed by atoms with van der Waals surface area (Å²) in [6.45, 7) is 1.58. The molecule has 1 atom stereocenters. The van der Waals surface area contributed by atoms with Crippen LogP contribution in [0, 0.1) is 0 Å². The van der Waals surface area contributed by atoms with Crippen LogP contribution >= 0.6 is 0 Å². The molecule has 1 rings (SSSR count). The van der Waals surface area contributed by atoms with Crippen LogP contribution in [-0.4, -0.2) is 19.2 Å². The van der Waals surface area contributed by atoms with Crippen molar-refractivity contribution in [3.05, 3.63) is 30.1 Å². The first-order valence-corrected chi connectivity index (χ1v) is 5.66. The van der Waals surface area contributed by atoms with Gasteiger partial charge in [-0.1, -0.05) is 6.92 Å². The second-order valence-corrected chi connectivity index (χ2v) is 5.06. The molecule has 0 aliphatic rings. The zero-order valence-electron chi connectivity index (χ0n) is 7.34. The fraction of sp³-hybridized carbons (Fsp3) is 0.375. The molecule has 4 nitrogen and oxygen atoms in total. The van der Waals surface area contributed by atoms with Crippen LogP contribution in [0.15, 0.2) is 24.5 Å². The summed E-state index contributed by atoms with van der Waals surface area (Å²) in [6.07, 6.45) is 3.06. The molecule has 0 saturated heterocycles. The van der Waals surface area contributed by atoms with Gasteiger partial charge in [-0.15, -0.1) is 0 Å². The molecule has 0 aliphatic carbocycles. The number of aromatic nitrogens is 1. The van der Waals surface area contributed by atoms with Gasteiger partial charge in [0.05, 0.1) is 0 Å². The van der Waals surface area contributed by atoms with Crippen LogP contribution in [0.2, 0.25) is 0 Å². The van der Waals surface area contributed by atoms with E-state index in [1.165, 1.54) is 12.4 Å². The molecule has 0 amide bonds. The van der Waals surface area contributed by atoms with E-state index in [9.17, 15) is 8.42 Å². The minimum atomic E-state index is -3.20. The van der Waals surface area contributed by atoms with Gasteiger partial charge in [-0.3, -0.25) is 4.98 Å². The molecule has 72 valence electrons. The molecule has 0 radical (unpaired) electrons. The number of hydrogen-bond acceptors (Lipinski definition) is 4. The Bertz CT molecular complexity index is 361. The van der Waals surface area contributed by atoms with Gasteiger partial charge in [0.2, 0.25) is 0 Å². The summed E-state index contributed by atoms with van der Waals surface area (Å²) in [6, 6.07) is 3.22. The lowest BCUT2D eigenvalue weighted by Gasteiger charge is -2.10. The van der Waals surface area contributed by atoms with Gasteiger partial charge in [0, 0.05) is 18.1 Å². The van der Waals surface area contributed by atoms with Crippen molar-refractivity contribution < 1.29 is 8.42 Å². The molecule has 2 N–H and O–H groups in total. The second kappa shape index (κ2) is 3.85. The lowest BCUT2D eigenvalue weighted by Crippen LogP contribution is -2.23. The largest absolute Gasteiger partial charge is 0.311 e. The summed E-state index contributed by atoms with van der Waals surface area (Å²) in [5, 5.41) is -0.930. The van der Waals surface area contributed by atoms with Crippen LogP contribution in [-0.2, 0) is 9.84 Å². The Balaban J connectivity index is 2.99. The molecule has 0 aliphatic heterocycles. The predicted octanol–water partition coefficient (Wildman–Crippen LogP) is 0.474. The van der Waals surface area contributed by atoms with Crippen LogP contribution in [0.1, 0.15) is 17.9 Å². The van der Waals surface area contributed by atoms with Gasteiger partial charge in [-0.2, -0.15) is 0 Å². The highest BCUT2D eigenvalue weighted by molar-refractivity contribution is 7.91. The minimum absolute atomic E-state index is 0.0521. The first-order valence-electron chi connectivity index (χ1n) is 3.95. The molecule has 0 spiro atoms. The van der Waals surface area contributed by atoms with Crippen molar-refractivity contribution in [3.8, 4) is 0 Å². The predicted molar refractivity (Wildman–Crippen MR) is 50.6 cm³/mol. The highest BCUT2D eigenvalue weighted by Crippen LogP contribution is 2.15. The van der Waals surface area contributed by atoms with Crippen LogP contribution in [0.5, 0.6) is 0 Å². The van der Waals surface area contributed by atoms with Crippen LogP contribution < -0.4 is 5.73 Å². The van der Waals surface area contributed by atoms with Gasteiger partial charge in [0.25, 0.3) is 0 Å². The van der Waals surface area contributed by atoms with Crippen molar-refractivity contribution in [2.75, 3.05) is 5.75 Å². The monoisotopic (exact) mass is 200 g/mol. The van der Waals surface area contributed by atoms with Crippen molar-refractivity contribution in [2.45, 2.75) is 12.3 Å². The molecular weight excluding hydrogens is 188 g/mol. The average Bonchev–Trinajstić information content (AvgIpc) is 2.18. The Morgan fingerprint density at radius 1 is 1.46 bits per heavy atom. The Kier molecular flexibility index (Phi) is 3.00. The molecular formula is C8H12N2O2S. The van der Waals surface area contributed by atoms with Gasteiger partial charge >= 0.3 is 0 Å². The van der Waals surface area contributed by atoms with E-state index in [1.807, 2.05) is 0 Å². The molecule has 13 heavy (non-hydrogen) atoms. The SMILES string of the molecule is CCS(=O)(=O)C(N)c1ccncc1. The highest BCUT2D eigenvalue weighted by atomic mass is 32.2. The summed E-state index contributed by atoms with van der Waals surface area (Å²) in [4.78, 5) is 3.79. The summed E-state index contributed by atoms with van der Waals surface area (Å²) >= 11 is 0. The quantitative estimate of drug-likeness (QED) is 0.770. The highest BCUT2D eigenvalue weighted by Gasteiger charge is 2.20. The van der Waals surface area contributed by atoms with Gasteiger partial charge in [0.1, 0.15) is 5.37 Å². The molecule has 1 unspecified atom stereocenters. The van der Waals surface area contributed by atoms with Gasteiger partial charge in [-0.05, 0) is 17.7 Å². The Labute approximate surface area is 77.7 Å². The second-order valence-electron chi connectivity index (χ2n) is 2.65. The van der Waals surface area contributed by atoms with E-state index in [2.05, 4.69) is 4.98 Å². The fourth-order valence-corrected chi connectivity index (χ4v) is 1.87. The third kappa shape index (κ3) is 2.26. The summed E-state index contributed by atoms with van der Waals surface area (Å²) < 4.78 is 22.7. The molecule has 0 aromatic carbocycles. The number of hydrogen-bond donors (Lipinski definition) is 1. The number of rotatable bonds is 3. The molecule has 1 heterocycles. The summed E-state index contributed by atoms with van der Waals surface area (Å²) in [7, 11) is -3.20. The maximum absolute atomic E-state index is 11.4. The topological polar surface area (TPSA) is 73.0 Å². The lowest BCUT2D eigenvalue weighted by molar-refractivity contribution is 0.585. The molecule has 5 heteroatoms. The third-order valence-electron chi connectivity index (χ3n) is 1.82. The van der Waals surface area contributed by atoms with E-state index in [4.69, 9.17) is 5.73 Å². The van der Waals surface area contributed by atoms with Crippen molar-refractivity contribution >= 4 is 9.84 Å². The average molecular weight is 200 g/mol. The van der Waals surface area contributed by atoms with Crippen LogP contribution in [0.4, 0.5) is 0 Å². The van der Waals surface area contributed by atoms with E-state index in [1.54, 1.807) is 19.1 Å². The van der Waals surface area contributed by atoms with E-state index < -0.39 is 15.2 Å². The zero-order chi connectivity index (χ0) is 9.90. The van der Waals surface area contributed by atoms with E-state index >= 15 is 0 Å². The number of sulfone groups is 1. The lowest BCUT2D eigenvalue weighted by atomic mass is 10.3. The van der Waals surface area contributed by atoms with Crippen molar-refractivity contribution in [3.63, 3.8) is 0 Å². The zero-order valence-corrected chi connectivity index (χ0v) is 8.16. The number of pyridine rings is 1. The van der Waals surface area contributed by atoms with E-state index in [-0.39, 0.29) is 5.75 Å².